The van der Waals surface area contributed by atoms with Crippen LogP contribution < -0.4 is 5.32 Å². The topological polar surface area (TPSA) is 55.4 Å². The van der Waals surface area contributed by atoms with Gasteiger partial charge in [-0.05, 0) is 26.0 Å². The maximum Gasteiger partial charge on any atom is 0.320 e. The van der Waals surface area contributed by atoms with Gasteiger partial charge in [0.1, 0.15) is 17.0 Å². The van der Waals surface area contributed by atoms with E-state index in [9.17, 15) is 18.4 Å². The smallest absolute Gasteiger partial charge is 0.320 e. The minimum atomic E-state index is -1.49. The molecule has 1 aromatic rings. The molecule has 0 spiro atoms. The number of halogens is 2. The summed E-state index contributed by atoms with van der Waals surface area (Å²) in [5.41, 5.74) is -1.81. The molecule has 1 aromatic carbocycles. The highest BCUT2D eigenvalue weighted by Crippen LogP contribution is 2.22. The summed E-state index contributed by atoms with van der Waals surface area (Å²) < 4.78 is 30.7. The summed E-state index contributed by atoms with van der Waals surface area (Å²) in [6.45, 7) is 2.65. The molecule has 0 bridgehead atoms. The fraction of sp³-hybridized carbons (Fsp3) is 0.333. The number of methoxy groups -OCH3 is 1. The van der Waals surface area contributed by atoms with Crippen LogP contribution in [0, 0.1) is 17.0 Å². The van der Waals surface area contributed by atoms with Crippen LogP contribution in [0.3, 0.4) is 0 Å². The van der Waals surface area contributed by atoms with Crippen LogP contribution in [0.15, 0.2) is 18.2 Å². The number of benzene rings is 1. The highest BCUT2D eigenvalue weighted by atomic mass is 19.1. The van der Waals surface area contributed by atoms with E-state index in [0.717, 1.165) is 25.3 Å². The van der Waals surface area contributed by atoms with Gasteiger partial charge in [0, 0.05) is 6.07 Å². The first kappa shape index (κ1) is 14.1. The number of anilines is 1. The Kier molecular flexibility index (Phi) is 4.00. The standard InChI is InChI=1S/C12H13F2NO3/c1-12(2,11(17)18-3)10(16)15-9-6-7(13)4-5-8(9)14/h4-6H,1-3H3,(H,15,16). The van der Waals surface area contributed by atoms with Crippen molar-refractivity contribution in [2.75, 3.05) is 12.4 Å². The molecule has 0 radical (unpaired) electrons. The number of amides is 1. The van der Waals surface area contributed by atoms with Gasteiger partial charge in [-0.15, -0.1) is 0 Å². The molecule has 4 nitrogen and oxygen atoms in total. The number of rotatable bonds is 3. The third kappa shape index (κ3) is 2.82. The Morgan fingerprint density at radius 2 is 1.89 bits per heavy atom. The molecule has 6 heteroatoms. The van der Waals surface area contributed by atoms with E-state index in [1.165, 1.54) is 13.8 Å². The Balaban J connectivity index is 2.94. The fourth-order valence-electron chi connectivity index (χ4n) is 1.22. The predicted octanol–water partition coefficient (Wildman–Crippen LogP) is 2.10. The summed E-state index contributed by atoms with van der Waals surface area (Å²) in [5.74, 6) is -3.02. The molecule has 0 aromatic heterocycles. The molecule has 0 saturated heterocycles. The van der Waals surface area contributed by atoms with Crippen molar-refractivity contribution in [3.63, 3.8) is 0 Å². The summed E-state index contributed by atoms with van der Waals surface area (Å²) in [5, 5.41) is 2.15. The molecular formula is C12H13F2NO3. The molecule has 1 rings (SSSR count). The number of hydrogen-bond acceptors (Lipinski definition) is 3. The Bertz CT molecular complexity index is 486. The van der Waals surface area contributed by atoms with E-state index in [1.54, 1.807) is 0 Å². The van der Waals surface area contributed by atoms with Gasteiger partial charge in [-0.1, -0.05) is 0 Å². The largest absolute Gasteiger partial charge is 0.468 e. The van der Waals surface area contributed by atoms with E-state index in [-0.39, 0.29) is 5.69 Å². The van der Waals surface area contributed by atoms with Crippen LogP contribution in [-0.4, -0.2) is 19.0 Å². The molecule has 0 heterocycles. The van der Waals surface area contributed by atoms with E-state index in [4.69, 9.17) is 0 Å². The molecular weight excluding hydrogens is 244 g/mol. The Hall–Kier alpha value is -1.98. The van der Waals surface area contributed by atoms with Crippen LogP contribution in [0.1, 0.15) is 13.8 Å². The number of esters is 1. The summed E-state index contributed by atoms with van der Waals surface area (Å²) in [7, 11) is 1.14. The van der Waals surface area contributed by atoms with E-state index < -0.39 is 28.9 Å². The molecule has 98 valence electrons. The quantitative estimate of drug-likeness (QED) is 0.666. The molecule has 0 aliphatic rings. The van der Waals surface area contributed by atoms with Gasteiger partial charge in [-0.2, -0.15) is 0 Å². The van der Waals surface area contributed by atoms with Crippen molar-refractivity contribution in [1.82, 2.24) is 0 Å². The van der Waals surface area contributed by atoms with Gasteiger partial charge >= 0.3 is 5.97 Å². The third-order valence-corrected chi connectivity index (χ3v) is 2.44. The summed E-state index contributed by atoms with van der Waals surface area (Å²) in [4.78, 5) is 23.2. The van der Waals surface area contributed by atoms with Crippen molar-refractivity contribution in [3.8, 4) is 0 Å². The van der Waals surface area contributed by atoms with Crippen molar-refractivity contribution >= 4 is 17.6 Å². The van der Waals surface area contributed by atoms with Crippen LogP contribution in [-0.2, 0) is 14.3 Å². The first-order chi connectivity index (χ1) is 8.28. The lowest BCUT2D eigenvalue weighted by molar-refractivity contribution is -0.154. The number of hydrogen-bond donors (Lipinski definition) is 1. The third-order valence-electron chi connectivity index (χ3n) is 2.44. The molecule has 1 amide bonds. The van der Waals surface area contributed by atoms with Crippen molar-refractivity contribution in [2.45, 2.75) is 13.8 Å². The lowest BCUT2D eigenvalue weighted by atomic mass is 9.92. The van der Waals surface area contributed by atoms with Crippen molar-refractivity contribution < 1.29 is 23.1 Å². The van der Waals surface area contributed by atoms with Crippen molar-refractivity contribution in [2.24, 2.45) is 5.41 Å². The van der Waals surface area contributed by atoms with Crippen LogP contribution in [0.25, 0.3) is 0 Å². The number of nitrogens with one attached hydrogen (secondary N) is 1. The molecule has 0 fully saturated rings. The number of ether oxygens (including phenoxy) is 1. The minimum absolute atomic E-state index is 0.322. The highest BCUT2D eigenvalue weighted by molar-refractivity contribution is 6.08. The fourth-order valence-corrected chi connectivity index (χ4v) is 1.22. The predicted molar refractivity (Wildman–Crippen MR) is 60.8 cm³/mol. The summed E-state index contributed by atoms with van der Waals surface area (Å²) in [6, 6.07) is 2.65. The highest BCUT2D eigenvalue weighted by Gasteiger charge is 2.37. The van der Waals surface area contributed by atoms with Crippen LogP contribution >= 0.6 is 0 Å². The first-order valence-corrected chi connectivity index (χ1v) is 5.14. The Labute approximate surface area is 103 Å². The van der Waals surface area contributed by atoms with Gasteiger partial charge in [0.05, 0.1) is 12.8 Å². The van der Waals surface area contributed by atoms with Gasteiger partial charge in [0.2, 0.25) is 5.91 Å². The van der Waals surface area contributed by atoms with E-state index in [2.05, 4.69) is 10.1 Å². The lowest BCUT2D eigenvalue weighted by Crippen LogP contribution is -2.39. The van der Waals surface area contributed by atoms with Crippen LogP contribution in [0.4, 0.5) is 14.5 Å². The second-order valence-corrected chi connectivity index (χ2v) is 4.19. The van der Waals surface area contributed by atoms with Gasteiger partial charge in [-0.3, -0.25) is 9.59 Å². The van der Waals surface area contributed by atoms with Gasteiger partial charge < -0.3 is 10.1 Å². The molecule has 1 N–H and O–H groups in total. The minimum Gasteiger partial charge on any atom is -0.468 e. The Morgan fingerprint density at radius 3 is 2.44 bits per heavy atom. The maximum atomic E-state index is 13.3. The maximum absolute atomic E-state index is 13.3. The van der Waals surface area contributed by atoms with Gasteiger partial charge in [0.15, 0.2) is 0 Å². The number of carbonyl (C=O) groups is 2. The van der Waals surface area contributed by atoms with Gasteiger partial charge in [-0.25, -0.2) is 8.78 Å². The van der Waals surface area contributed by atoms with Crippen molar-refractivity contribution in [3.05, 3.63) is 29.8 Å². The number of carbonyl (C=O) groups excluding carboxylic acids is 2. The van der Waals surface area contributed by atoms with E-state index >= 15 is 0 Å². The molecule has 0 aliphatic heterocycles. The molecule has 0 aliphatic carbocycles. The average molecular weight is 257 g/mol. The average Bonchev–Trinajstić information content (AvgIpc) is 2.32. The zero-order chi connectivity index (χ0) is 13.9. The molecule has 0 atom stereocenters. The second-order valence-electron chi connectivity index (χ2n) is 4.19. The SMILES string of the molecule is COC(=O)C(C)(C)C(=O)Nc1cc(F)ccc1F. The molecule has 18 heavy (non-hydrogen) atoms. The normalized spacial score (nSPS) is 10.9. The zero-order valence-electron chi connectivity index (χ0n) is 10.2. The Morgan fingerprint density at radius 1 is 1.28 bits per heavy atom. The summed E-state index contributed by atoms with van der Waals surface area (Å²) >= 11 is 0. The van der Waals surface area contributed by atoms with Gasteiger partial charge in [0.25, 0.3) is 0 Å². The molecule has 0 unspecified atom stereocenters. The van der Waals surface area contributed by atoms with Crippen LogP contribution in [0.2, 0.25) is 0 Å². The zero-order valence-corrected chi connectivity index (χ0v) is 10.2. The van der Waals surface area contributed by atoms with E-state index in [0.29, 0.717) is 0 Å². The van der Waals surface area contributed by atoms with E-state index in [1.807, 2.05) is 0 Å². The summed E-state index contributed by atoms with van der Waals surface area (Å²) in [6.07, 6.45) is 0. The van der Waals surface area contributed by atoms with Crippen molar-refractivity contribution in [1.29, 1.82) is 0 Å². The first-order valence-electron chi connectivity index (χ1n) is 5.14. The monoisotopic (exact) mass is 257 g/mol. The second kappa shape index (κ2) is 5.12. The molecule has 0 saturated carbocycles. The lowest BCUT2D eigenvalue weighted by Gasteiger charge is -2.20. The van der Waals surface area contributed by atoms with Crippen LogP contribution in [0.5, 0.6) is 0 Å².